The van der Waals surface area contributed by atoms with E-state index in [2.05, 4.69) is 6.07 Å². The number of methoxy groups -OCH3 is 1. The lowest BCUT2D eigenvalue weighted by atomic mass is 10.1. The third-order valence-corrected chi connectivity index (χ3v) is 6.21. The van der Waals surface area contributed by atoms with E-state index in [4.69, 9.17) is 9.15 Å². The molecule has 0 aliphatic rings. The van der Waals surface area contributed by atoms with Crippen LogP contribution >= 0.6 is 11.3 Å². The minimum absolute atomic E-state index is 0.0397. The normalized spacial score (nSPS) is 12.1. The van der Waals surface area contributed by atoms with Crippen molar-refractivity contribution in [3.63, 3.8) is 0 Å². The van der Waals surface area contributed by atoms with Gasteiger partial charge < -0.3 is 14.1 Å². The van der Waals surface area contributed by atoms with E-state index >= 15 is 0 Å². The number of thiophene rings is 1. The summed E-state index contributed by atoms with van der Waals surface area (Å²) in [6.07, 6.45) is 0.751. The third-order valence-electron chi connectivity index (χ3n) is 5.31. The fraction of sp³-hybridized carbons (Fsp3) is 0.250. The number of benzene rings is 2. The summed E-state index contributed by atoms with van der Waals surface area (Å²) >= 11 is 1.68. The second-order valence-electron chi connectivity index (χ2n) is 7.42. The van der Waals surface area contributed by atoms with Gasteiger partial charge in [-0.15, -0.1) is 11.3 Å². The molecule has 0 aliphatic heterocycles. The molecule has 0 aliphatic carbocycles. The van der Waals surface area contributed by atoms with Crippen molar-refractivity contribution in [2.24, 2.45) is 0 Å². The second-order valence-corrected chi connectivity index (χ2v) is 8.46. The SMILES string of the molecule is COc1ccc(CN(C(=O)Cn2c(=O)oc3ccccc32)C(C)Cc2cccs2)cc1. The minimum atomic E-state index is -0.523. The Labute approximate surface area is 184 Å². The first-order valence-corrected chi connectivity index (χ1v) is 11.0. The Morgan fingerprint density at radius 2 is 1.90 bits per heavy atom. The maximum absolute atomic E-state index is 13.4. The van der Waals surface area contributed by atoms with Crippen LogP contribution in [0.25, 0.3) is 11.1 Å². The molecule has 4 aromatic rings. The summed E-state index contributed by atoms with van der Waals surface area (Å²) in [5.41, 5.74) is 2.10. The van der Waals surface area contributed by atoms with Crippen LogP contribution in [-0.4, -0.2) is 28.5 Å². The van der Waals surface area contributed by atoms with Crippen LogP contribution in [0, 0.1) is 0 Å². The average molecular weight is 437 g/mol. The summed E-state index contributed by atoms with van der Waals surface area (Å²) < 4.78 is 11.9. The molecule has 4 rings (SSSR count). The van der Waals surface area contributed by atoms with E-state index in [-0.39, 0.29) is 18.5 Å². The number of aromatic nitrogens is 1. The fourth-order valence-electron chi connectivity index (χ4n) is 3.64. The lowest BCUT2D eigenvalue weighted by molar-refractivity contribution is -0.134. The molecular weight excluding hydrogens is 412 g/mol. The van der Waals surface area contributed by atoms with E-state index in [1.54, 1.807) is 36.6 Å². The van der Waals surface area contributed by atoms with Crippen molar-refractivity contribution in [1.82, 2.24) is 9.47 Å². The van der Waals surface area contributed by atoms with Crippen molar-refractivity contribution in [1.29, 1.82) is 0 Å². The number of nitrogens with zero attached hydrogens (tertiary/aromatic N) is 2. The maximum atomic E-state index is 13.4. The number of ether oxygens (including phenoxy) is 1. The second kappa shape index (κ2) is 9.22. The van der Waals surface area contributed by atoms with Gasteiger partial charge >= 0.3 is 5.76 Å². The Morgan fingerprint density at radius 1 is 1.13 bits per heavy atom. The van der Waals surface area contributed by atoms with Gasteiger partial charge in [0.1, 0.15) is 12.3 Å². The lowest BCUT2D eigenvalue weighted by Gasteiger charge is -2.29. The van der Waals surface area contributed by atoms with Crippen LogP contribution in [0.4, 0.5) is 0 Å². The van der Waals surface area contributed by atoms with Gasteiger partial charge in [0, 0.05) is 23.9 Å². The Bertz CT molecular complexity index is 1210. The number of hydrogen-bond donors (Lipinski definition) is 0. The first-order valence-electron chi connectivity index (χ1n) is 10.1. The highest BCUT2D eigenvalue weighted by atomic mass is 32.1. The van der Waals surface area contributed by atoms with Crippen LogP contribution in [0.3, 0.4) is 0 Å². The quantitative estimate of drug-likeness (QED) is 0.413. The number of amides is 1. The zero-order valence-corrected chi connectivity index (χ0v) is 18.3. The van der Waals surface area contributed by atoms with Crippen LogP contribution < -0.4 is 10.5 Å². The third kappa shape index (κ3) is 4.72. The smallest absolute Gasteiger partial charge is 0.420 e. The lowest BCUT2D eigenvalue weighted by Crippen LogP contribution is -2.42. The van der Waals surface area contributed by atoms with Gasteiger partial charge in [0.05, 0.1) is 12.6 Å². The first-order chi connectivity index (χ1) is 15.0. The highest BCUT2D eigenvalue weighted by Crippen LogP contribution is 2.20. The number of para-hydroxylation sites is 2. The van der Waals surface area contributed by atoms with E-state index < -0.39 is 5.76 Å². The molecule has 1 unspecified atom stereocenters. The Morgan fingerprint density at radius 3 is 2.61 bits per heavy atom. The molecule has 2 aromatic carbocycles. The maximum Gasteiger partial charge on any atom is 0.420 e. The van der Waals surface area contributed by atoms with Gasteiger partial charge in [-0.1, -0.05) is 30.3 Å². The largest absolute Gasteiger partial charge is 0.497 e. The van der Waals surface area contributed by atoms with E-state index in [0.29, 0.717) is 17.6 Å². The standard InChI is InChI=1S/C24H24N2O4S/c1-17(14-20-6-5-13-31-20)25(15-18-9-11-19(29-2)12-10-18)23(27)16-26-21-7-3-4-8-22(21)30-24(26)28/h3-13,17H,14-16H2,1-2H3. The molecular formula is C24H24N2O4S. The molecule has 1 amide bonds. The van der Waals surface area contributed by atoms with Gasteiger partial charge in [-0.25, -0.2) is 4.79 Å². The summed E-state index contributed by atoms with van der Waals surface area (Å²) in [5, 5.41) is 2.04. The molecule has 7 heteroatoms. The molecule has 0 fully saturated rings. The monoisotopic (exact) mass is 436 g/mol. The molecule has 2 heterocycles. The minimum Gasteiger partial charge on any atom is -0.497 e. The molecule has 1 atom stereocenters. The van der Waals surface area contributed by atoms with Gasteiger partial charge in [0.15, 0.2) is 5.58 Å². The molecule has 0 radical (unpaired) electrons. The molecule has 0 N–H and O–H groups in total. The number of hydrogen-bond acceptors (Lipinski definition) is 5. The number of carbonyl (C=O) groups excluding carboxylic acids is 1. The number of carbonyl (C=O) groups is 1. The molecule has 0 saturated carbocycles. The van der Waals surface area contributed by atoms with Gasteiger partial charge in [0.2, 0.25) is 5.91 Å². The van der Waals surface area contributed by atoms with Gasteiger partial charge in [0.25, 0.3) is 0 Å². The van der Waals surface area contributed by atoms with Crippen molar-refractivity contribution in [2.75, 3.05) is 7.11 Å². The predicted octanol–water partition coefficient (Wildman–Crippen LogP) is 4.32. The number of rotatable bonds is 8. The first kappa shape index (κ1) is 20.9. The fourth-order valence-corrected chi connectivity index (χ4v) is 4.46. The van der Waals surface area contributed by atoms with Crippen molar-refractivity contribution in [3.8, 4) is 5.75 Å². The van der Waals surface area contributed by atoms with Crippen LogP contribution in [0.15, 0.2) is 75.3 Å². The van der Waals surface area contributed by atoms with Crippen LogP contribution in [0.2, 0.25) is 0 Å². The average Bonchev–Trinajstić information content (AvgIpc) is 3.40. The van der Waals surface area contributed by atoms with Gasteiger partial charge in [-0.05, 0) is 48.2 Å². The molecule has 160 valence electrons. The highest BCUT2D eigenvalue weighted by molar-refractivity contribution is 7.09. The van der Waals surface area contributed by atoms with E-state index in [9.17, 15) is 9.59 Å². The Balaban J connectivity index is 1.60. The summed E-state index contributed by atoms with van der Waals surface area (Å²) in [7, 11) is 1.63. The Kier molecular flexibility index (Phi) is 6.23. The summed E-state index contributed by atoms with van der Waals surface area (Å²) in [6.45, 7) is 2.41. The zero-order chi connectivity index (χ0) is 21.8. The molecule has 0 saturated heterocycles. The Hall–Kier alpha value is -3.32. The topological polar surface area (TPSA) is 64.7 Å². The van der Waals surface area contributed by atoms with Crippen molar-refractivity contribution < 1.29 is 13.9 Å². The van der Waals surface area contributed by atoms with E-state index in [1.165, 1.54) is 9.44 Å². The summed E-state index contributed by atoms with van der Waals surface area (Å²) in [4.78, 5) is 28.8. The zero-order valence-electron chi connectivity index (χ0n) is 17.5. The van der Waals surface area contributed by atoms with Gasteiger partial charge in [-0.3, -0.25) is 9.36 Å². The molecule has 31 heavy (non-hydrogen) atoms. The highest BCUT2D eigenvalue weighted by Gasteiger charge is 2.23. The van der Waals surface area contributed by atoms with Crippen molar-refractivity contribution in [2.45, 2.75) is 32.5 Å². The molecule has 2 aromatic heterocycles. The van der Waals surface area contributed by atoms with E-state index in [0.717, 1.165) is 17.7 Å². The summed E-state index contributed by atoms with van der Waals surface area (Å²) in [5.74, 6) is 0.114. The van der Waals surface area contributed by atoms with Crippen molar-refractivity contribution >= 4 is 28.3 Å². The van der Waals surface area contributed by atoms with Gasteiger partial charge in [-0.2, -0.15) is 0 Å². The molecule has 0 spiro atoms. The van der Waals surface area contributed by atoms with Crippen molar-refractivity contribution in [3.05, 3.63) is 87.0 Å². The van der Waals surface area contributed by atoms with Crippen LogP contribution in [0.1, 0.15) is 17.4 Å². The molecule has 6 nitrogen and oxygen atoms in total. The number of fused-ring (bicyclic) bond motifs is 1. The van der Waals surface area contributed by atoms with E-state index in [1.807, 2.05) is 53.6 Å². The number of oxazole rings is 1. The predicted molar refractivity (Wildman–Crippen MR) is 122 cm³/mol. The molecule has 0 bridgehead atoms. The van der Waals surface area contributed by atoms with Crippen LogP contribution in [0.5, 0.6) is 5.75 Å². The van der Waals surface area contributed by atoms with Crippen LogP contribution in [-0.2, 0) is 24.3 Å². The summed E-state index contributed by atoms with van der Waals surface area (Å²) in [6, 6.07) is 18.9.